The van der Waals surface area contributed by atoms with Crippen molar-refractivity contribution in [1.82, 2.24) is 10.2 Å². The van der Waals surface area contributed by atoms with Crippen LogP contribution in [-0.4, -0.2) is 69.1 Å². The number of hydrogen-bond acceptors (Lipinski definition) is 4. The molecule has 0 aliphatic carbocycles. The van der Waals surface area contributed by atoms with Crippen molar-refractivity contribution in [1.29, 1.82) is 0 Å². The van der Waals surface area contributed by atoms with Crippen LogP contribution >= 0.6 is 0 Å². The molecule has 1 N–H and O–H groups in total. The number of morpholine rings is 1. The fraction of sp³-hybridized carbons (Fsp3) is 0.650. The summed E-state index contributed by atoms with van der Waals surface area (Å²) in [6.07, 6.45) is 2.62. The van der Waals surface area contributed by atoms with Crippen molar-refractivity contribution < 1.29 is 14.2 Å². The average molecular weight is 361 g/mol. The van der Waals surface area contributed by atoms with E-state index in [2.05, 4.69) is 35.1 Å². The molecular weight excluding hydrogens is 330 g/mol. The van der Waals surface area contributed by atoms with E-state index in [0.29, 0.717) is 13.2 Å². The van der Waals surface area contributed by atoms with Crippen molar-refractivity contribution >= 4 is 5.96 Å². The van der Waals surface area contributed by atoms with E-state index in [1.165, 1.54) is 0 Å². The van der Waals surface area contributed by atoms with Gasteiger partial charge in [-0.15, -0.1) is 0 Å². The summed E-state index contributed by atoms with van der Waals surface area (Å²) in [5.41, 5.74) is 1.15. The van der Waals surface area contributed by atoms with Crippen LogP contribution in [0.15, 0.2) is 29.3 Å². The van der Waals surface area contributed by atoms with Gasteiger partial charge in [0, 0.05) is 26.7 Å². The molecule has 0 spiro atoms. The Labute approximate surface area is 156 Å². The maximum absolute atomic E-state index is 6.05. The Kier molecular flexibility index (Phi) is 6.74. The number of aliphatic imine (C=N–C) groups is 1. The molecule has 3 atom stereocenters. The summed E-state index contributed by atoms with van der Waals surface area (Å²) in [5, 5.41) is 3.44. The second-order valence-electron chi connectivity index (χ2n) is 7.03. The van der Waals surface area contributed by atoms with Gasteiger partial charge in [0.25, 0.3) is 0 Å². The van der Waals surface area contributed by atoms with Gasteiger partial charge in [-0.25, -0.2) is 0 Å². The summed E-state index contributed by atoms with van der Waals surface area (Å²) in [7, 11) is 1.83. The van der Waals surface area contributed by atoms with Gasteiger partial charge in [0.1, 0.15) is 18.0 Å². The third kappa shape index (κ3) is 4.89. The van der Waals surface area contributed by atoms with Crippen molar-refractivity contribution in [2.75, 3.05) is 39.9 Å². The fourth-order valence-corrected chi connectivity index (χ4v) is 3.50. The van der Waals surface area contributed by atoms with Crippen molar-refractivity contribution in [3.63, 3.8) is 0 Å². The van der Waals surface area contributed by atoms with Crippen LogP contribution in [0.5, 0.6) is 5.75 Å². The Balaban J connectivity index is 1.50. The molecule has 0 saturated carbocycles. The van der Waals surface area contributed by atoms with Gasteiger partial charge in [0.15, 0.2) is 5.96 Å². The first-order valence-electron chi connectivity index (χ1n) is 9.58. The number of benzene rings is 1. The van der Waals surface area contributed by atoms with Gasteiger partial charge in [0.05, 0.1) is 19.3 Å². The molecule has 2 aliphatic heterocycles. The Morgan fingerprint density at radius 2 is 2.12 bits per heavy atom. The Hall–Kier alpha value is -1.79. The summed E-state index contributed by atoms with van der Waals surface area (Å²) in [6, 6.07) is 8.10. The summed E-state index contributed by atoms with van der Waals surface area (Å²) in [5.74, 6) is 1.83. The minimum Gasteiger partial charge on any atom is -0.489 e. The summed E-state index contributed by atoms with van der Waals surface area (Å²) < 4.78 is 17.8. The summed E-state index contributed by atoms with van der Waals surface area (Å²) in [4.78, 5) is 6.71. The molecule has 1 aromatic rings. The number of nitrogens with zero attached hydrogens (tertiary/aromatic N) is 2. The van der Waals surface area contributed by atoms with E-state index in [9.17, 15) is 0 Å². The standard InChI is InChI=1S/C20H31N3O3/c1-15-7-4-5-8-17(15)26-16(2)13-22-20(21-3)23-10-12-25-19(14-23)18-9-6-11-24-18/h4-5,7-8,16,18-19H,6,9-14H2,1-3H3,(H,21,22). The quantitative estimate of drug-likeness (QED) is 0.644. The number of ether oxygens (including phenoxy) is 3. The van der Waals surface area contributed by atoms with Crippen molar-refractivity contribution in [3.8, 4) is 5.75 Å². The van der Waals surface area contributed by atoms with Gasteiger partial charge in [-0.3, -0.25) is 4.99 Å². The number of aryl methyl sites for hydroxylation is 1. The van der Waals surface area contributed by atoms with Gasteiger partial charge < -0.3 is 24.4 Å². The van der Waals surface area contributed by atoms with E-state index in [1.807, 2.05) is 25.2 Å². The largest absolute Gasteiger partial charge is 0.489 e. The van der Waals surface area contributed by atoms with E-state index in [4.69, 9.17) is 14.2 Å². The lowest BCUT2D eigenvalue weighted by atomic mass is 10.1. The second-order valence-corrected chi connectivity index (χ2v) is 7.03. The molecule has 2 heterocycles. The minimum absolute atomic E-state index is 0.0443. The second kappa shape index (κ2) is 9.24. The maximum Gasteiger partial charge on any atom is 0.193 e. The minimum atomic E-state index is 0.0443. The zero-order valence-electron chi connectivity index (χ0n) is 16.1. The molecule has 2 saturated heterocycles. The van der Waals surface area contributed by atoms with Gasteiger partial charge in [-0.1, -0.05) is 18.2 Å². The first-order chi connectivity index (χ1) is 12.7. The molecule has 2 fully saturated rings. The highest BCUT2D eigenvalue weighted by molar-refractivity contribution is 5.80. The molecule has 3 rings (SSSR count). The number of nitrogens with one attached hydrogen (secondary N) is 1. The van der Waals surface area contributed by atoms with Gasteiger partial charge in [-0.05, 0) is 38.3 Å². The third-order valence-electron chi connectivity index (χ3n) is 4.95. The van der Waals surface area contributed by atoms with Crippen LogP contribution in [0.2, 0.25) is 0 Å². The van der Waals surface area contributed by atoms with Gasteiger partial charge in [-0.2, -0.15) is 0 Å². The predicted octanol–water partition coefficient (Wildman–Crippen LogP) is 2.22. The van der Waals surface area contributed by atoms with Crippen LogP contribution in [0.3, 0.4) is 0 Å². The number of hydrogen-bond donors (Lipinski definition) is 1. The highest BCUT2D eigenvalue weighted by Crippen LogP contribution is 2.21. The zero-order chi connectivity index (χ0) is 18.4. The lowest BCUT2D eigenvalue weighted by Gasteiger charge is -2.37. The van der Waals surface area contributed by atoms with Crippen LogP contribution in [0, 0.1) is 6.92 Å². The summed E-state index contributed by atoms with van der Waals surface area (Å²) >= 11 is 0. The van der Waals surface area contributed by atoms with E-state index in [-0.39, 0.29) is 18.3 Å². The molecule has 6 nitrogen and oxygen atoms in total. The molecule has 26 heavy (non-hydrogen) atoms. The van der Waals surface area contributed by atoms with Crippen LogP contribution in [-0.2, 0) is 9.47 Å². The molecule has 0 bridgehead atoms. The molecule has 0 radical (unpaired) electrons. The van der Waals surface area contributed by atoms with Crippen LogP contribution in [0.1, 0.15) is 25.3 Å². The Bertz CT molecular complexity index is 602. The SMILES string of the molecule is CN=C(NCC(C)Oc1ccccc1C)N1CCOC(C2CCCO2)C1. The smallest absolute Gasteiger partial charge is 0.193 e. The van der Waals surface area contributed by atoms with Crippen LogP contribution in [0.4, 0.5) is 0 Å². The Morgan fingerprint density at radius 1 is 1.31 bits per heavy atom. The highest BCUT2D eigenvalue weighted by Gasteiger charge is 2.32. The number of rotatable bonds is 5. The van der Waals surface area contributed by atoms with Crippen molar-refractivity contribution in [2.45, 2.75) is 45.0 Å². The Morgan fingerprint density at radius 3 is 2.85 bits per heavy atom. The first kappa shape index (κ1) is 19.0. The van der Waals surface area contributed by atoms with E-state index >= 15 is 0 Å². The monoisotopic (exact) mass is 361 g/mol. The molecule has 0 amide bonds. The van der Waals surface area contributed by atoms with E-state index in [0.717, 1.165) is 49.8 Å². The number of guanidine groups is 1. The molecule has 144 valence electrons. The lowest BCUT2D eigenvalue weighted by molar-refractivity contribution is -0.0817. The molecule has 6 heteroatoms. The van der Waals surface area contributed by atoms with Crippen LogP contribution < -0.4 is 10.1 Å². The molecule has 3 unspecified atom stereocenters. The van der Waals surface area contributed by atoms with Gasteiger partial charge in [0.2, 0.25) is 0 Å². The zero-order valence-corrected chi connectivity index (χ0v) is 16.1. The average Bonchev–Trinajstić information content (AvgIpc) is 3.19. The topological polar surface area (TPSA) is 55.3 Å². The van der Waals surface area contributed by atoms with Crippen molar-refractivity contribution in [2.24, 2.45) is 4.99 Å². The third-order valence-corrected chi connectivity index (χ3v) is 4.95. The summed E-state index contributed by atoms with van der Waals surface area (Å²) in [6.45, 7) is 8.05. The maximum atomic E-state index is 6.05. The molecule has 1 aromatic carbocycles. The van der Waals surface area contributed by atoms with E-state index in [1.54, 1.807) is 0 Å². The molecular formula is C20H31N3O3. The van der Waals surface area contributed by atoms with Crippen LogP contribution in [0.25, 0.3) is 0 Å². The fourth-order valence-electron chi connectivity index (χ4n) is 3.50. The lowest BCUT2D eigenvalue weighted by Crippen LogP contribution is -2.54. The highest BCUT2D eigenvalue weighted by atomic mass is 16.5. The molecule has 2 aliphatic rings. The van der Waals surface area contributed by atoms with Crippen molar-refractivity contribution in [3.05, 3.63) is 29.8 Å². The normalized spacial score (nSPS) is 25.2. The first-order valence-corrected chi connectivity index (χ1v) is 9.58. The van der Waals surface area contributed by atoms with Gasteiger partial charge >= 0.3 is 0 Å². The molecule has 0 aromatic heterocycles. The van der Waals surface area contributed by atoms with E-state index < -0.39 is 0 Å². The number of para-hydroxylation sites is 1. The predicted molar refractivity (Wildman–Crippen MR) is 103 cm³/mol.